The fourth-order valence-electron chi connectivity index (χ4n) is 2.69. The Balaban J connectivity index is 1.82. The molecule has 2 aromatic rings. The number of benzene rings is 1. The molecule has 0 saturated carbocycles. The normalized spacial score (nSPS) is 22.0. The van der Waals surface area contributed by atoms with Crippen LogP contribution in [0.15, 0.2) is 40.9 Å². The van der Waals surface area contributed by atoms with Gasteiger partial charge in [0.15, 0.2) is 0 Å². The molecule has 3 rings (SSSR count). The lowest BCUT2D eigenvalue weighted by molar-refractivity contribution is -0.124. The number of nitrogens with two attached hydrogens (primary N) is 1. The Morgan fingerprint density at radius 1 is 1.40 bits per heavy atom. The number of nitrogens with zero attached hydrogens (tertiary/aromatic N) is 1. The van der Waals surface area contributed by atoms with E-state index in [0.29, 0.717) is 12.2 Å². The van der Waals surface area contributed by atoms with E-state index in [4.69, 9.17) is 10.3 Å². The number of hydrogen-bond donors (Lipinski definition) is 2. The number of aromatic nitrogens is 1. The fourth-order valence-corrected chi connectivity index (χ4v) is 2.69. The number of carbonyl (C=O) groups is 1. The molecular formula is C15H17N3O2. The average Bonchev–Trinajstić information content (AvgIpc) is 3.10. The van der Waals surface area contributed by atoms with Crippen molar-refractivity contribution in [3.8, 4) is 11.3 Å². The molecule has 1 saturated heterocycles. The fraction of sp³-hybridized carbons (Fsp3) is 0.333. The number of amides is 1. The van der Waals surface area contributed by atoms with Gasteiger partial charge in [-0.1, -0.05) is 35.5 Å². The van der Waals surface area contributed by atoms with Crippen LogP contribution in [0.4, 0.5) is 0 Å². The van der Waals surface area contributed by atoms with Gasteiger partial charge in [-0.25, -0.2) is 0 Å². The summed E-state index contributed by atoms with van der Waals surface area (Å²) >= 11 is 0. The lowest BCUT2D eigenvalue weighted by Crippen LogP contribution is -2.53. The molecule has 20 heavy (non-hydrogen) atoms. The highest BCUT2D eigenvalue weighted by Gasteiger charge is 2.40. The summed E-state index contributed by atoms with van der Waals surface area (Å²) in [6.07, 6.45) is 2.13. The van der Waals surface area contributed by atoms with Gasteiger partial charge in [-0.3, -0.25) is 4.79 Å². The summed E-state index contributed by atoms with van der Waals surface area (Å²) in [6.45, 7) is 0.808. The Morgan fingerprint density at radius 2 is 2.20 bits per heavy atom. The van der Waals surface area contributed by atoms with Gasteiger partial charge < -0.3 is 15.6 Å². The highest BCUT2D eigenvalue weighted by Crippen LogP contribution is 2.26. The summed E-state index contributed by atoms with van der Waals surface area (Å²) < 4.78 is 5.36. The summed E-state index contributed by atoms with van der Waals surface area (Å²) in [5.41, 5.74) is 6.62. The molecule has 3 N–H and O–H groups in total. The zero-order valence-electron chi connectivity index (χ0n) is 11.1. The predicted octanol–water partition coefficient (Wildman–Crippen LogP) is 1.49. The second-order valence-corrected chi connectivity index (χ2v) is 5.20. The number of nitrogens with one attached hydrogen (secondary N) is 1. The topological polar surface area (TPSA) is 81.2 Å². The number of hydrogen-bond acceptors (Lipinski definition) is 4. The van der Waals surface area contributed by atoms with Gasteiger partial charge in [0.1, 0.15) is 17.0 Å². The zero-order valence-corrected chi connectivity index (χ0v) is 11.1. The van der Waals surface area contributed by atoms with Gasteiger partial charge >= 0.3 is 0 Å². The van der Waals surface area contributed by atoms with Gasteiger partial charge in [0.25, 0.3) is 0 Å². The Hall–Kier alpha value is -2.14. The lowest BCUT2D eigenvalue weighted by atomic mass is 9.91. The lowest BCUT2D eigenvalue weighted by Gasteiger charge is -2.23. The van der Waals surface area contributed by atoms with Crippen LogP contribution >= 0.6 is 0 Å². The van der Waals surface area contributed by atoms with Gasteiger partial charge in [-0.2, -0.15) is 0 Å². The van der Waals surface area contributed by atoms with Crippen LogP contribution in [0.3, 0.4) is 0 Å². The van der Waals surface area contributed by atoms with Crippen molar-refractivity contribution in [2.75, 3.05) is 6.54 Å². The predicted molar refractivity (Wildman–Crippen MR) is 74.8 cm³/mol. The van der Waals surface area contributed by atoms with E-state index in [1.807, 2.05) is 36.4 Å². The monoisotopic (exact) mass is 271 g/mol. The summed E-state index contributed by atoms with van der Waals surface area (Å²) in [5, 5.41) is 7.27. The molecular weight excluding hydrogens is 254 g/mol. The minimum Gasteiger partial charge on any atom is -0.368 e. The molecule has 1 amide bonds. The van der Waals surface area contributed by atoms with Crippen molar-refractivity contribution in [1.82, 2.24) is 10.5 Å². The second kappa shape index (κ2) is 5.09. The van der Waals surface area contributed by atoms with Crippen molar-refractivity contribution in [3.63, 3.8) is 0 Å². The largest absolute Gasteiger partial charge is 0.368 e. The molecule has 5 nitrogen and oxygen atoms in total. The van der Waals surface area contributed by atoms with E-state index in [2.05, 4.69) is 10.5 Å². The van der Waals surface area contributed by atoms with Crippen molar-refractivity contribution < 1.29 is 9.32 Å². The maximum atomic E-state index is 11.7. The summed E-state index contributed by atoms with van der Waals surface area (Å²) in [5.74, 6) is 0.352. The molecule has 0 radical (unpaired) electrons. The third-order valence-electron chi connectivity index (χ3n) is 3.82. The molecule has 0 aliphatic carbocycles. The van der Waals surface area contributed by atoms with Crippen LogP contribution in [0.5, 0.6) is 0 Å². The number of carbonyl (C=O) groups excluding carboxylic acids is 1. The molecule has 1 aromatic carbocycles. The SMILES string of the molecule is NC(=O)[C@]1(Cc2cc(-c3ccccc3)no2)CCCN1. The van der Waals surface area contributed by atoms with Crippen LogP contribution in [-0.4, -0.2) is 23.1 Å². The second-order valence-electron chi connectivity index (χ2n) is 5.20. The van der Waals surface area contributed by atoms with Crippen molar-refractivity contribution >= 4 is 5.91 Å². The summed E-state index contributed by atoms with van der Waals surface area (Å²) in [7, 11) is 0. The van der Waals surface area contributed by atoms with E-state index in [1.165, 1.54) is 0 Å². The van der Waals surface area contributed by atoms with Gasteiger partial charge in [-0.15, -0.1) is 0 Å². The van der Waals surface area contributed by atoms with E-state index in [-0.39, 0.29) is 5.91 Å². The van der Waals surface area contributed by atoms with E-state index in [9.17, 15) is 4.79 Å². The molecule has 104 valence electrons. The first-order chi connectivity index (χ1) is 9.70. The van der Waals surface area contributed by atoms with E-state index < -0.39 is 5.54 Å². The van der Waals surface area contributed by atoms with Crippen molar-refractivity contribution in [1.29, 1.82) is 0 Å². The first-order valence-electron chi connectivity index (χ1n) is 6.76. The first-order valence-corrected chi connectivity index (χ1v) is 6.76. The van der Waals surface area contributed by atoms with Crippen LogP contribution in [0, 0.1) is 0 Å². The summed E-state index contributed by atoms with van der Waals surface area (Å²) in [6, 6.07) is 11.7. The third-order valence-corrected chi connectivity index (χ3v) is 3.82. The van der Waals surface area contributed by atoms with E-state index in [0.717, 1.165) is 30.6 Å². The third kappa shape index (κ3) is 2.32. The van der Waals surface area contributed by atoms with Crippen molar-refractivity contribution in [3.05, 3.63) is 42.2 Å². The molecule has 0 unspecified atom stereocenters. The van der Waals surface area contributed by atoms with Crippen molar-refractivity contribution in [2.45, 2.75) is 24.8 Å². The summed E-state index contributed by atoms with van der Waals surface area (Å²) in [4.78, 5) is 11.7. The molecule has 0 spiro atoms. The van der Waals surface area contributed by atoms with Gasteiger partial charge in [0.05, 0.1) is 0 Å². The molecule has 5 heteroatoms. The Labute approximate surface area is 117 Å². The van der Waals surface area contributed by atoms with Crippen LogP contribution < -0.4 is 11.1 Å². The molecule has 2 heterocycles. The Bertz CT molecular complexity index is 601. The molecule has 1 aromatic heterocycles. The molecule has 1 atom stereocenters. The highest BCUT2D eigenvalue weighted by atomic mass is 16.5. The van der Waals surface area contributed by atoms with E-state index in [1.54, 1.807) is 0 Å². The maximum Gasteiger partial charge on any atom is 0.238 e. The first kappa shape index (κ1) is 12.9. The molecule has 1 fully saturated rings. The Kier molecular flexibility index (Phi) is 3.28. The van der Waals surface area contributed by atoms with Gasteiger partial charge in [0, 0.05) is 18.1 Å². The van der Waals surface area contributed by atoms with Crippen LogP contribution in [-0.2, 0) is 11.2 Å². The molecule has 1 aliphatic heterocycles. The highest BCUT2D eigenvalue weighted by molar-refractivity contribution is 5.85. The van der Waals surface area contributed by atoms with E-state index >= 15 is 0 Å². The van der Waals surface area contributed by atoms with Crippen molar-refractivity contribution in [2.24, 2.45) is 5.73 Å². The quantitative estimate of drug-likeness (QED) is 0.882. The van der Waals surface area contributed by atoms with Crippen LogP contribution in [0.1, 0.15) is 18.6 Å². The van der Waals surface area contributed by atoms with Crippen LogP contribution in [0.2, 0.25) is 0 Å². The standard InChI is InChI=1S/C15H17N3O2/c16-14(19)15(7-4-8-17-15)10-12-9-13(18-20-12)11-5-2-1-3-6-11/h1-3,5-6,9,17H,4,7-8,10H2,(H2,16,19)/t15-/m1/s1. The van der Waals surface area contributed by atoms with Gasteiger partial charge in [0.2, 0.25) is 5.91 Å². The number of rotatable bonds is 4. The maximum absolute atomic E-state index is 11.7. The molecule has 0 bridgehead atoms. The minimum absolute atomic E-state index is 0.326. The number of primary amides is 1. The van der Waals surface area contributed by atoms with Crippen LogP contribution in [0.25, 0.3) is 11.3 Å². The minimum atomic E-state index is -0.687. The average molecular weight is 271 g/mol. The smallest absolute Gasteiger partial charge is 0.238 e. The molecule has 1 aliphatic rings. The van der Waals surface area contributed by atoms with Gasteiger partial charge in [-0.05, 0) is 19.4 Å². The Morgan fingerprint density at radius 3 is 2.85 bits per heavy atom. The zero-order chi connectivity index (χ0) is 14.0.